The van der Waals surface area contributed by atoms with E-state index < -0.39 is 180 Å². The summed E-state index contributed by atoms with van der Waals surface area (Å²) in [5, 5.41) is 126. The molecule has 6 saturated heterocycles. The van der Waals surface area contributed by atoms with Gasteiger partial charge >= 0.3 is 5.97 Å². The van der Waals surface area contributed by atoms with Crippen molar-refractivity contribution in [1.82, 2.24) is 0 Å². The van der Waals surface area contributed by atoms with Gasteiger partial charge in [0.25, 0.3) is 0 Å². The number of hydrogen-bond donors (Lipinski definition) is 12. The number of ether oxygens (including phenoxy) is 13. The number of carbonyl (C=O) groups is 1. The lowest BCUT2D eigenvalue weighted by molar-refractivity contribution is -0.372. The molecule has 0 amide bonds. The largest absolute Gasteiger partial charge is 0.479 e. The molecule has 6 fully saturated rings. The molecule has 0 saturated carbocycles. The van der Waals surface area contributed by atoms with Crippen molar-refractivity contribution in [2.45, 2.75) is 148 Å². The van der Waals surface area contributed by atoms with E-state index in [1.165, 1.54) is 14.2 Å². The maximum atomic E-state index is 11.8. The van der Waals surface area contributed by atoms with Gasteiger partial charge < -0.3 is 123 Å². The molecule has 348 valence electrons. The molecule has 0 aromatic carbocycles. The lowest BCUT2D eigenvalue weighted by atomic mass is 9.89. The molecule has 24 atom stereocenters. The first-order chi connectivity index (χ1) is 28.6. The monoisotopic (exact) mass is 880 g/mol. The van der Waals surface area contributed by atoms with Gasteiger partial charge in [-0.2, -0.15) is 0 Å². The van der Waals surface area contributed by atoms with Crippen molar-refractivity contribution < 1.29 is 128 Å². The summed E-state index contributed by atoms with van der Waals surface area (Å²) in [6.07, 6.45) is -35.0. The molecule has 26 heteroatoms. The van der Waals surface area contributed by atoms with E-state index in [1.54, 1.807) is 0 Å². The van der Waals surface area contributed by atoms with E-state index in [-0.39, 0.29) is 19.6 Å². The fourth-order valence-corrected chi connectivity index (χ4v) is 7.72. The van der Waals surface area contributed by atoms with Crippen molar-refractivity contribution in [3.05, 3.63) is 0 Å². The number of carboxylic acid groups (broad SMARTS) is 1. The standard InChI is InChI=1S/C34H56O26/c1-48-10-3-12(54-33-21(41)17(37)11(4-35)26(59-33)28(46)47)29(50-6-10)56-14-8-52-31(23(43)20(14)40)58-16-9-53-32(57-15-7-51-30(49-2)22(42)19(15)39)25(45)27(16)60-34-24(44)18(38)13(5-36)55-34/h10-27,29-45H,3-9H2,1-2H3,(H,46,47). The first kappa shape index (κ1) is 48.0. The highest BCUT2D eigenvalue weighted by Crippen LogP contribution is 2.35. The molecule has 6 aliphatic heterocycles. The van der Waals surface area contributed by atoms with Gasteiger partial charge in [0, 0.05) is 26.6 Å². The molecule has 6 aliphatic rings. The van der Waals surface area contributed by atoms with E-state index in [4.69, 9.17) is 61.6 Å². The summed E-state index contributed by atoms with van der Waals surface area (Å²) in [7, 11) is 2.64. The highest BCUT2D eigenvalue weighted by molar-refractivity contribution is 5.73. The summed E-state index contributed by atoms with van der Waals surface area (Å²) in [6.45, 7) is -2.82. The van der Waals surface area contributed by atoms with Crippen LogP contribution < -0.4 is 0 Å². The van der Waals surface area contributed by atoms with Gasteiger partial charge in [-0.3, -0.25) is 0 Å². The van der Waals surface area contributed by atoms with Crippen LogP contribution in [0.3, 0.4) is 0 Å². The fourth-order valence-electron chi connectivity index (χ4n) is 7.72. The molecule has 12 N–H and O–H groups in total. The van der Waals surface area contributed by atoms with Gasteiger partial charge in [0.2, 0.25) is 0 Å². The third kappa shape index (κ3) is 10.2. The second kappa shape index (κ2) is 21.0. The molecular formula is C34H56O26. The Bertz CT molecular complexity index is 1350. The minimum atomic E-state index is -1.88. The quantitative estimate of drug-likeness (QED) is 0.0727. The number of methoxy groups -OCH3 is 2. The molecule has 26 nitrogen and oxygen atoms in total. The molecule has 0 bridgehead atoms. The lowest BCUT2D eigenvalue weighted by Gasteiger charge is -2.46. The van der Waals surface area contributed by atoms with Crippen LogP contribution in [0.1, 0.15) is 6.42 Å². The lowest BCUT2D eigenvalue weighted by Crippen LogP contribution is -2.63. The van der Waals surface area contributed by atoms with E-state index in [0.29, 0.717) is 0 Å². The number of rotatable bonds is 15. The van der Waals surface area contributed by atoms with E-state index >= 15 is 0 Å². The topological polar surface area (TPSA) is 380 Å². The normalized spacial score (nSPS) is 50.4. The van der Waals surface area contributed by atoms with Crippen LogP contribution in [0.15, 0.2) is 0 Å². The van der Waals surface area contributed by atoms with Gasteiger partial charge in [0.15, 0.2) is 43.8 Å². The molecule has 0 spiro atoms. The Morgan fingerprint density at radius 1 is 0.500 bits per heavy atom. The van der Waals surface area contributed by atoms with Crippen LogP contribution >= 0.6 is 0 Å². The summed E-state index contributed by atoms with van der Waals surface area (Å²) in [6, 6.07) is 0. The molecule has 6 rings (SSSR count). The third-order valence-electron chi connectivity index (χ3n) is 11.3. The Hall–Kier alpha value is -1.49. The zero-order chi connectivity index (χ0) is 43.6. The van der Waals surface area contributed by atoms with Crippen LogP contribution in [-0.4, -0.2) is 263 Å². The molecule has 0 aromatic heterocycles. The first-order valence-corrected chi connectivity index (χ1v) is 19.3. The highest BCUT2D eigenvalue weighted by Gasteiger charge is 2.54. The second-order valence-electron chi connectivity index (χ2n) is 15.2. The molecule has 6 heterocycles. The van der Waals surface area contributed by atoms with Crippen molar-refractivity contribution in [3.63, 3.8) is 0 Å². The number of aliphatic hydroxyl groups excluding tert-OH is 11. The van der Waals surface area contributed by atoms with Crippen molar-refractivity contribution in [1.29, 1.82) is 0 Å². The van der Waals surface area contributed by atoms with E-state index in [2.05, 4.69) is 0 Å². The van der Waals surface area contributed by atoms with E-state index in [1.807, 2.05) is 0 Å². The van der Waals surface area contributed by atoms with Crippen LogP contribution in [-0.2, 0) is 66.4 Å². The molecular weight excluding hydrogens is 824 g/mol. The Balaban J connectivity index is 1.11. The number of hydrogen-bond acceptors (Lipinski definition) is 25. The highest BCUT2D eigenvalue weighted by atomic mass is 16.8. The SMILES string of the molecule is COC1COC(OC2COC(OC3COC(OC4COC(OC)C(O)C4O)C(O)C3OC3OC(CO)C(O)C3O)C(O)C2O)C(OC2OC(C(=O)O)C(CO)C(O)C2O)C1. The molecule has 0 aliphatic carbocycles. The van der Waals surface area contributed by atoms with Gasteiger partial charge in [-0.05, 0) is 0 Å². The number of carboxylic acids is 1. The molecule has 24 unspecified atom stereocenters. The zero-order valence-electron chi connectivity index (χ0n) is 32.4. The predicted molar refractivity (Wildman–Crippen MR) is 182 cm³/mol. The fraction of sp³-hybridized carbons (Fsp3) is 0.971. The maximum Gasteiger partial charge on any atom is 0.333 e. The molecule has 0 radical (unpaired) electrons. The van der Waals surface area contributed by atoms with Crippen molar-refractivity contribution in [2.75, 3.05) is 53.9 Å². The van der Waals surface area contributed by atoms with Gasteiger partial charge in [0.1, 0.15) is 85.5 Å². The van der Waals surface area contributed by atoms with Crippen LogP contribution in [0.2, 0.25) is 0 Å². The summed E-state index contributed by atoms with van der Waals surface area (Å²) < 4.78 is 73.1. The van der Waals surface area contributed by atoms with Gasteiger partial charge in [-0.25, -0.2) is 4.79 Å². The Kier molecular flexibility index (Phi) is 16.8. The number of aliphatic carboxylic acids is 1. The zero-order valence-corrected chi connectivity index (χ0v) is 32.4. The Morgan fingerprint density at radius 3 is 1.58 bits per heavy atom. The van der Waals surface area contributed by atoms with Crippen molar-refractivity contribution in [2.24, 2.45) is 5.92 Å². The minimum Gasteiger partial charge on any atom is -0.479 e. The van der Waals surface area contributed by atoms with Gasteiger partial charge in [-0.1, -0.05) is 0 Å². The summed E-state index contributed by atoms with van der Waals surface area (Å²) >= 11 is 0. The first-order valence-electron chi connectivity index (χ1n) is 19.3. The maximum absolute atomic E-state index is 11.8. The van der Waals surface area contributed by atoms with Crippen LogP contribution in [0.5, 0.6) is 0 Å². The smallest absolute Gasteiger partial charge is 0.333 e. The summed E-state index contributed by atoms with van der Waals surface area (Å²) in [5.41, 5.74) is 0. The van der Waals surface area contributed by atoms with Gasteiger partial charge in [-0.15, -0.1) is 0 Å². The van der Waals surface area contributed by atoms with E-state index in [9.17, 15) is 66.1 Å². The second-order valence-corrected chi connectivity index (χ2v) is 15.2. The average Bonchev–Trinajstić information content (AvgIpc) is 3.51. The van der Waals surface area contributed by atoms with Crippen LogP contribution in [0, 0.1) is 5.92 Å². The molecule has 0 aromatic rings. The Labute approximate surface area is 341 Å². The predicted octanol–water partition coefficient (Wildman–Crippen LogP) is -8.23. The molecule has 60 heavy (non-hydrogen) atoms. The van der Waals surface area contributed by atoms with Crippen molar-refractivity contribution in [3.8, 4) is 0 Å². The summed E-state index contributed by atoms with van der Waals surface area (Å²) in [5.74, 6) is -2.90. The Morgan fingerprint density at radius 2 is 1.00 bits per heavy atom. The summed E-state index contributed by atoms with van der Waals surface area (Å²) in [4.78, 5) is 11.8. The third-order valence-corrected chi connectivity index (χ3v) is 11.3. The van der Waals surface area contributed by atoms with E-state index in [0.717, 1.165) is 0 Å². The van der Waals surface area contributed by atoms with Crippen LogP contribution in [0.4, 0.5) is 0 Å². The minimum absolute atomic E-state index is 0.0234. The van der Waals surface area contributed by atoms with Crippen molar-refractivity contribution >= 4 is 5.97 Å². The average molecular weight is 881 g/mol. The van der Waals surface area contributed by atoms with Gasteiger partial charge in [0.05, 0.1) is 51.8 Å². The number of aliphatic hydroxyl groups is 11. The van der Waals surface area contributed by atoms with Crippen LogP contribution in [0.25, 0.3) is 0 Å².